The maximum absolute atomic E-state index is 12.9. The Kier molecular flexibility index (Phi) is 2.60. The van der Waals surface area contributed by atoms with Crippen LogP contribution in [0.1, 0.15) is 21.5 Å². The SMILES string of the molecule is O=CC1=C(c2ccc(F)cc2)C(=O)c2ccccc21. The summed E-state index contributed by atoms with van der Waals surface area (Å²) in [5.41, 5.74) is 2.43. The molecule has 0 amide bonds. The molecule has 92 valence electrons. The molecule has 0 saturated carbocycles. The van der Waals surface area contributed by atoms with Crippen molar-refractivity contribution in [2.45, 2.75) is 0 Å². The lowest BCUT2D eigenvalue weighted by molar-refractivity contribution is -0.103. The van der Waals surface area contributed by atoms with E-state index in [-0.39, 0.29) is 11.6 Å². The van der Waals surface area contributed by atoms with Crippen molar-refractivity contribution in [1.82, 2.24) is 0 Å². The van der Waals surface area contributed by atoms with E-state index in [1.807, 2.05) is 0 Å². The third-order valence-corrected chi connectivity index (χ3v) is 3.21. The van der Waals surface area contributed by atoms with Crippen molar-refractivity contribution < 1.29 is 14.0 Å². The van der Waals surface area contributed by atoms with E-state index in [4.69, 9.17) is 0 Å². The highest BCUT2D eigenvalue weighted by atomic mass is 19.1. The van der Waals surface area contributed by atoms with Crippen LogP contribution in [0.4, 0.5) is 4.39 Å². The van der Waals surface area contributed by atoms with Gasteiger partial charge in [-0.25, -0.2) is 4.39 Å². The zero-order valence-electron chi connectivity index (χ0n) is 9.89. The Hall–Kier alpha value is -2.55. The monoisotopic (exact) mass is 252 g/mol. The second-order valence-electron chi connectivity index (χ2n) is 4.29. The molecule has 0 unspecified atom stereocenters. The summed E-state index contributed by atoms with van der Waals surface area (Å²) in [6.45, 7) is 0. The molecule has 3 heteroatoms. The molecule has 0 saturated heterocycles. The Morgan fingerprint density at radius 3 is 2.16 bits per heavy atom. The van der Waals surface area contributed by atoms with Gasteiger partial charge in [-0.15, -0.1) is 0 Å². The lowest BCUT2D eigenvalue weighted by atomic mass is 10.0. The van der Waals surface area contributed by atoms with Crippen LogP contribution in [0.15, 0.2) is 48.5 Å². The second-order valence-corrected chi connectivity index (χ2v) is 4.29. The van der Waals surface area contributed by atoms with Gasteiger partial charge in [0.1, 0.15) is 5.82 Å². The van der Waals surface area contributed by atoms with E-state index in [1.54, 1.807) is 24.3 Å². The Labute approximate surface area is 109 Å². The summed E-state index contributed by atoms with van der Waals surface area (Å²) < 4.78 is 12.9. The van der Waals surface area contributed by atoms with E-state index in [2.05, 4.69) is 0 Å². The van der Waals surface area contributed by atoms with E-state index in [1.165, 1.54) is 24.3 Å². The van der Waals surface area contributed by atoms with E-state index < -0.39 is 0 Å². The number of fused-ring (bicyclic) bond motifs is 1. The molecule has 0 atom stereocenters. The maximum atomic E-state index is 12.9. The molecule has 2 aromatic rings. The van der Waals surface area contributed by atoms with E-state index >= 15 is 0 Å². The molecule has 2 nitrogen and oxygen atoms in total. The van der Waals surface area contributed by atoms with Gasteiger partial charge in [0.25, 0.3) is 0 Å². The second kappa shape index (κ2) is 4.28. The van der Waals surface area contributed by atoms with Gasteiger partial charge in [-0.1, -0.05) is 36.4 Å². The van der Waals surface area contributed by atoms with Crippen molar-refractivity contribution in [2.75, 3.05) is 0 Å². The minimum absolute atomic E-state index is 0.190. The summed E-state index contributed by atoms with van der Waals surface area (Å²) in [5.74, 6) is -0.565. The first-order valence-corrected chi connectivity index (χ1v) is 5.82. The van der Waals surface area contributed by atoms with Gasteiger partial charge in [0.05, 0.1) is 0 Å². The molecule has 0 N–H and O–H groups in total. The van der Waals surface area contributed by atoms with Gasteiger partial charge in [0, 0.05) is 16.7 Å². The Bertz CT molecular complexity index is 712. The van der Waals surface area contributed by atoms with Gasteiger partial charge in [0.15, 0.2) is 12.1 Å². The van der Waals surface area contributed by atoms with Crippen molar-refractivity contribution in [3.63, 3.8) is 0 Å². The van der Waals surface area contributed by atoms with Crippen LogP contribution < -0.4 is 0 Å². The van der Waals surface area contributed by atoms with Crippen molar-refractivity contribution in [3.05, 3.63) is 71.0 Å². The van der Waals surface area contributed by atoms with Gasteiger partial charge in [-0.05, 0) is 23.3 Å². The number of rotatable bonds is 2. The first-order chi connectivity index (χ1) is 9.22. The number of ketones is 1. The number of hydrogen-bond donors (Lipinski definition) is 0. The molecule has 0 aromatic heterocycles. The topological polar surface area (TPSA) is 34.1 Å². The van der Waals surface area contributed by atoms with E-state index in [0.29, 0.717) is 34.1 Å². The average molecular weight is 252 g/mol. The van der Waals surface area contributed by atoms with Crippen LogP contribution >= 0.6 is 0 Å². The van der Waals surface area contributed by atoms with E-state index in [9.17, 15) is 14.0 Å². The number of Topliss-reactive ketones (excluding diaryl/α,β-unsaturated/α-hetero) is 1. The van der Waals surface area contributed by atoms with Crippen LogP contribution in [0.5, 0.6) is 0 Å². The van der Waals surface area contributed by atoms with Crippen molar-refractivity contribution in [2.24, 2.45) is 0 Å². The maximum Gasteiger partial charge on any atom is 0.194 e. The van der Waals surface area contributed by atoms with Crippen LogP contribution in [0.25, 0.3) is 11.1 Å². The number of carbonyl (C=O) groups excluding carboxylic acids is 2. The molecule has 1 aliphatic carbocycles. The van der Waals surface area contributed by atoms with Crippen LogP contribution in [-0.2, 0) is 4.79 Å². The lowest BCUT2D eigenvalue weighted by Crippen LogP contribution is -1.98. The summed E-state index contributed by atoms with van der Waals surface area (Å²) in [7, 11) is 0. The predicted molar refractivity (Wildman–Crippen MR) is 70.1 cm³/mol. The minimum atomic E-state index is -0.375. The van der Waals surface area contributed by atoms with Crippen molar-refractivity contribution in [1.29, 1.82) is 0 Å². The quantitative estimate of drug-likeness (QED) is 0.769. The van der Waals surface area contributed by atoms with Crippen molar-refractivity contribution >= 4 is 23.2 Å². The molecule has 0 fully saturated rings. The molecule has 0 heterocycles. The van der Waals surface area contributed by atoms with E-state index in [0.717, 1.165) is 0 Å². The Morgan fingerprint density at radius 2 is 1.53 bits per heavy atom. The summed E-state index contributed by atoms with van der Waals surface area (Å²) in [5, 5.41) is 0. The molecular weight excluding hydrogens is 243 g/mol. The molecular formula is C16H9FO2. The lowest BCUT2D eigenvalue weighted by Gasteiger charge is -2.02. The van der Waals surface area contributed by atoms with Crippen LogP contribution in [-0.4, -0.2) is 12.1 Å². The fourth-order valence-corrected chi connectivity index (χ4v) is 2.33. The highest BCUT2D eigenvalue weighted by Crippen LogP contribution is 2.36. The van der Waals surface area contributed by atoms with Gasteiger partial charge >= 0.3 is 0 Å². The third kappa shape index (κ3) is 1.71. The molecule has 19 heavy (non-hydrogen) atoms. The number of halogens is 1. The molecule has 3 rings (SSSR count). The van der Waals surface area contributed by atoms with Gasteiger partial charge in [-0.2, -0.15) is 0 Å². The summed E-state index contributed by atoms with van der Waals surface area (Å²) in [6.07, 6.45) is 0.683. The largest absolute Gasteiger partial charge is 0.298 e. The van der Waals surface area contributed by atoms with Gasteiger partial charge in [-0.3, -0.25) is 9.59 Å². The minimum Gasteiger partial charge on any atom is -0.298 e. The number of benzene rings is 2. The van der Waals surface area contributed by atoms with Crippen LogP contribution in [0.3, 0.4) is 0 Å². The Balaban J connectivity index is 2.23. The van der Waals surface area contributed by atoms with Crippen LogP contribution in [0.2, 0.25) is 0 Å². The number of carbonyl (C=O) groups is 2. The van der Waals surface area contributed by atoms with Gasteiger partial charge in [0.2, 0.25) is 0 Å². The first-order valence-electron chi connectivity index (χ1n) is 5.82. The third-order valence-electron chi connectivity index (χ3n) is 3.21. The van der Waals surface area contributed by atoms with Gasteiger partial charge < -0.3 is 0 Å². The number of allylic oxidation sites excluding steroid dienone is 2. The summed E-state index contributed by atoms with van der Waals surface area (Å²) in [6, 6.07) is 12.6. The molecule has 0 bridgehead atoms. The average Bonchev–Trinajstić information content (AvgIpc) is 2.73. The highest BCUT2D eigenvalue weighted by molar-refractivity contribution is 6.46. The predicted octanol–water partition coefficient (Wildman–Crippen LogP) is 3.13. The molecule has 2 aromatic carbocycles. The molecule has 0 aliphatic heterocycles. The Morgan fingerprint density at radius 1 is 0.895 bits per heavy atom. The number of hydrogen-bond acceptors (Lipinski definition) is 2. The summed E-state index contributed by atoms with van der Waals surface area (Å²) in [4.78, 5) is 23.6. The first kappa shape index (κ1) is 11.5. The highest BCUT2D eigenvalue weighted by Gasteiger charge is 2.29. The molecule has 0 spiro atoms. The normalized spacial score (nSPS) is 13.6. The zero-order valence-corrected chi connectivity index (χ0v) is 9.89. The fraction of sp³-hybridized carbons (Fsp3) is 0. The smallest absolute Gasteiger partial charge is 0.194 e. The zero-order chi connectivity index (χ0) is 13.4. The number of aldehydes is 1. The van der Waals surface area contributed by atoms with Crippen LogP contribution in [0, 0.1) is 5.82 Å². The van der Waals surface area contributed by atoms with Crippen molar-refractivity contribution in [3.8, 4) is 0 Å². The fourth-order valence-electron chi connectivity index (χ4n) is 2.33. The molecule has 0 radical (unpaired) electrons. The summed E-state index contributed by atoms with van der Waals surface area (Å²) >= 11 is 0. The molecule has 1 aliphatic rings. The standard InChI is InChI=1S/C16H9FO2/c17-11-7-5-10(6-8-11)15-14(9-18)12-3-1-2-4-13(12)16(15)19/h1-9H.